The molecular weight excluding hydrogens is 284 g/mol. The molecule has 2 rings (SSSR count). The van der Waals surface area contributed by atoms with Crippen LogP contribution in [0.1, 0.15) is 46.1 Å². The van der Waals surface area contributed by atoms with Crippen molar-refractivity contribution in [1.29, 1.82) is 0 Å². The van der Waals surface area contributed by atoms with Gasteiger partial charge in [0.05, 0.1) is 5.69 Å². The van der Waals surface area contributed by atoms with Crippen molar-refractivity contribution in [2.45, 2.75) is 26.7 Å². The number of ketones is 1. The van der Waals surface area contributed by atoms with E-state index >= 15 is 0 Å². The van der Waals surface area contributed by atoms with E-state index in [9.17, 15) is 9.59 Å². The van der Waals surface area contributed by atoms with Crippen LogP contribution in [0.25, 0.3) is 0 Å². The van der Waals surface area contributed by atoms with Gasteiger partial charge in [0.15, 0.2) is 10.9 Å². The van der Waals surface area contributed by atoms with Crippen LogP contribution in [-0.2, 0) is 6.42 Å². The zero-order valence-corrected chi connectivity index (χ0v) is 12.1. The number of nitrogens with zero attached hydrogens (tertiary/aromatic N) is 3. The van der Waals surface area contributed by atoms with E-state index in [4.69, 9.17) is 0 Å². The molecule has 2 aromatic rings. The molecule has 0 radical (unpaired) electrons. The molecule has 0 aromatic carbocycles. The molecular formula is C11H12N4O2S2. The fourth-order valence-electron chi connectivity index (χ4n) is 1.43. The largest absolute Gasteiger partial charge is 0.297 e. The molecule has 100 valence electrons. The van der Waals surface area contributed by atoms with E-state index in [0.717, 1.165) is 24.4 Å². The van der Waals surface area contributed by atoms with Gasteiger partial charge in [0, 0.05) is 12.3 Å². The number of carbonyl (C=O) groups is 2. The van der Waals surface area contributed by atoms with Crippen LogP contribution in [-0.4, -0.2) is 26.3 Å². The van der Waals surface area contributed by atoms with Crippen LogP contribution in [0.15, 0.2) is 5.38 Å². The standard InChI is InChI=1S/C11H12N4O2S2/c1-3-4-7-9(19-15-14-7)10(17)13-11-12-8(5-18-11)6(2)16/h5H,3-4H2,1-2H3,(H,12,13,17). The van der Waals surface area contributed by atoms with Crippen molar-refractivity contribution in [3.05, 3.63) is 21.6 Å². The van der Waals surface area contributed by atoms with Crippen LogP contribution in [0.2, 0.25) is 0 Å². The lowest BCUT2D eigenvalue weighted by Gasteiger charge is -1.99. The van der Waals surface area contributed by atoms with Gasteiger partial charge >= 0.3 is 0 Å². The number of nitrogens with one attached hydrogen (secondary N) is 1. The molecule has 0 saturated heterocycles. The van der Waals surface area contributed by atoms with Crippen molar-refractivity contribution >= 4 is 39.7 Å². The first kappa shape index (κ1) is 13.8. The van der Waals surface area contributed by atoms with Crippen molar-refractivity contribution in [3.8, 4) is 0 Å². The topological polar surface area (TPSA) is 84.8 Å². The zero-order chi connectivity index (χ0) is 13.8. The maximum absolute atomic E-state index is 12.1. The number of carbonyl (C=O) groups excluding carboxylic acids is 2. The lowest BCUT2D eigenvalue weighted by atomic mass is 10.2. The number of Topliss-reactive ketones (excluding diaryl/α,β-unsaturated/α-hetero) is 1. The van der Waals surface area contributed by atoms with E-state index < -0.39 is 0 Å². The van der Waals surface area contributed by atoms with Gasteiger partial charge in [-0.2, -0.15) is 0 Å². The van der Waals surface area contributed by atoms with Crippen molar-refractivity contribution in [2.75, 3.05) is 5.32 Å². The van der Waals surface area contributed by atoms with Crippen LogP contribution in [0.5, 0.6) is 0 Å². The van der Waals surface area contributed by atoms with E-state index in [1.807, 2.05) is 6.92 Å². The predicted octanol–water partition coefficient (Wildman–Crippen LogP) is 2.40. The maximum atomic E-state index is 12.1. The number of hydrogen-bond donors (Lipinski definition) is 1. The first-order chi connectivity index (χ1) is 9.11. The molecule has 0 aliphatic rings. The number of hydrogen-bond acceptors (Lipinski definition) is 7. The maximum Gasteiger partial charge on any atom is 0.271 e. The van der Waals surface area contributed by atoms with Crippen LogP contribution in [0, 0.1) is 0 Å². The lowest BCUT2D eigenvalue weighted by molar-refractivity contribution is 0.100. The second-order valence-electron chi connectivity index (χ2n) is 3.85. The van der Waals surface area contributed by atoms with Crippen LogP contribution >= 0.6 is 22.9 Å². The van der Waals surface area contributed by atoms with Crippen molar-refractivity contribution in [3.63, 3.8) is 0 Å². The van der Waals surface area contributed by atoms with Crippen molar-refractivity contribution < 1.29 is 9.59 Å². The van der Waals surface area contributed by atoms with Gasteiger partial charge in [-0.1, -0.05) is 17.8 Å². The SMILES string of the molecule is CCCc1nnsc1C(=O)Nc1nc(C(C)=O)cs1. The Bertz CT molecular complexity index is 605. The van der Waals surface area contributed by atoms with Gasteiger partial charge in [0.25, 0.3) is 5.91 Å². The Kier molecular flexibility index (Phi) is 4.33. The molecule has 0 saturated carbocycles. The average molecular weight is 296 g/mol. The van der Waals surface area contributed by atoms with Gasteiger partial charge in [0.1, 0.15) is 10.6 Å². The summed E-state index contributed by atoms with van der Waals surface area (Å²) in [5.74, 6) is -0.397. The molecule has 6 nitrogen and oxygen atoms in total. The Morgan fingerprint density at radius 2 is 2.21 bits per heavy atom. The highest BCUT2D eigenvalue weighted by atomic mass is 32.1. The van der Waals surface area contributed by atoms with E-state index in [1.165, 1.54) is 18.3 Å². The molecule has 0 aliphatic carbocycles. The lowest BCUT2D eigenvalue weighted by Crippen LogP contribution is -2.12. The normalized spacial score (nSPS) is 10.4. The number of amides is 1. The summed E-state index contributed by atoms with van der Waals surface area (Å²) in [5.41, 5.74) is 1.06. The Balaban J connectivity index is 2.11. The average Bonchev–Trinajstić information content (AvgIpc) is 2.98. The molecule has 2 heterocycles. The summed E-state index contributed by atoms with van der Waals surface area (Å²) in [6.45, 7) is 3.45. The van der Waals surface area contributed by atoms with Crippen LogP contribution in [0.4, 0.5) is 5.13 Å². The quantitative estimate of drug-likeness (QED) is 0.856. The highest BCUT2D eigenvalue weighted by Gasteiger charge is 2.17. The van der Waals surface area contributed by atoms with E-state index in [1.54, 1.807) is 5.38 Å². The van der Waals surface area contributed by atoms with Gasteiger partial charge in [-0.15, -0.1) is 16.4 Å². The monoisotopic (exact) mass is 296 g/mol. The zero-order valence-electron chi connectivity index (χ0n) is 10.5. The minimum atomic E-state index is -0.275. The van der Waals surface area contributed by atoms with Gasteiger partial charge in [0.2, 0.25) is 0 Å². The van der Waals surface area contributed by atoms with E-state index in [-0.39, 0.29) is 11.7 Å². The van der Waals surface area contributed by atoms with Crippen LogP contribution < -0.4 is 5.32 Å². The molecule has 0 spiro atoms. The van der Waals surface area contributed by atoms with Gasteiger partial charge < -0.3 is 0 Å². The number of aryl methyl sites for hydroxylation is 1. The molecule has 1 N–H and O–H groups in total. The number of thiazole rings is 1. The Morgan fingerprint density at radius 1 is 1.42 bits per heavy atom. The molecule has 0 unspecified atom stereocenters. The summed E-state index contributed by atoms with van der Waals surface area (Å²) in [7, 11) is 0. The van der Waals surface area contributed by atoms with Gasteiger partial charge in [-0.05, 0) is 18.0 Å². The van der Waals surface area contributed by atoms with Gasteiger partial charge in [-0.3, -0.25) is 14.9 Å². The fraction of sp³-hybridized carbons (Fsp3) is 0.364. The number of aromatic nitrogens is 3. The highest BCUT2D eigenvalue weighted by molar-refractivity contribution is 7.14. The first-order valence-electron chi connectivity index (χ1n) is 5.70. The second-order valence-corrected chi connectivity index (χ2v) is 5.46. The summed E-state index contributed by atoms with van der Waals surface area (Å²) in [6.07, 6.45) is 1.62. The molecule has 0 bridgehead atoms. The fourth-order valence-corrected chi connectivity index (χ4v) is 2.78. The Morgan fingerprint density at radius 3 is 2.84 bits per heavy atom. The third-order valence-electron chi connectivity index (χ3n) is 2.33. The first-order valence-corrected chi connectivity index (χ1v) is 7.36. The van der Waals surface area contributed by atoms with E-state index in [2.05, 4.69) is 19.9 Å². The molecule has 2 aromatic heterocycles. The predicted molar refractivity (Wildman–Crippen MR) is 74.0 cm³/mol. The second kappa shape index (κ2) is 5.98. The van der Waals surface area contributed by atoms with Crippen molar-refractivity contribution in [1.82, 2.24) is 14.6 Å². The molecule has 8 heteroatoms. The Hall–Kier alpha value is -1.67. The minimum Gasteiger partial charge on any atom is -0.297 e. The number of rotatable bonds is 5. The molecule has 0 fully saturated rings. The highest BCUT2D eigenvalue weighted by Crippen LogP contribution is 2.19. The van der Waals surface area contributed by atoms with Crippen LogP contribution in [0.3, 0.4) is 0 Å². The summed E-state index contributed by atoms with van der Waals surface area (Å²) < 4.78 is 3.80. The summed E-state index contributed by atoms with van der Waals surface area (Å²) in [4.78, 5) is 27.7. The smallest absolute Gasteiger partial charge is 0.271 e. The number of anilines is 1. The molecule has 0 atom stereocenters. The summed E-state index contributed by atoms with van der Waals surface area (Å²) >= 11 is 2.29. The minimum absolute atomic E-state index is 0.122. The van der Waals surface area contributed by atoms with Gasteiger partial charge in [-0.25, -0.2) is 4.98 Å². The summed E-state index contributed by atoms with van der Waals surface area (Å²) in [5, 5.41) is 8.63. The third kappa shape index (κ3) is 3.21. The molecule has 19 heavy (non-hydrogen) atoms. The Labute approximate surface area is 118 Å². The third-order valence-corrected chi connectivity index (χ3v) is 3.86. The van der Waals surface area contributed by atoms with E-state index in [0.29, 0.717) is 21.4 Å². The molecule has 1 amide bonds. The summed E-state index contributed by atoms with van der Waals surface area (Å²) in [6, 6.07) is 0. The van der Waals surface area contributed by atoms with Crippen molar-refractivity contribution in [2.24, 2.45) is 0 Å². The molecule has 0 aliphatic heterocycles.